The number of piperidine rings is 1. The van der Waals surface area contributed by atoms with Crippen LogP contribution in [0.4, 0.5) is 0 Å². The standard InChI is InChI=1S/C19H30N2/c1-12-8-13(2)19(14(3)9-12)15(4)21(5)18-10-16-6-7-17(11-18)20-16/h8-9,15-18,20H,6-7,10-11H2,1-5H3. The predicted octanol–water partition coefficient (Wildman–Crippen LogP) is 3.89. The molecule has 2 saturated heterocycles. The van der Waals surface area contributed by atoms with Gasteiger partial charge in [-0.05, 0) is 77.1 Å². The second kappa shape index (κ2) is 5.73. The monoisotopic (exact) mass is 286 g/mol. The number of hydrogen-bond donors (Lipinski definition) is 1. The third kappa shape index (κ3) is 2.89. The highest BCUT2D eigenvalue weighted by Crippen LogP contribution is 2.34. The van der Waals surface area contributed by atoms with E-state index in [0.29, 0.717) is 6.04 Å². The molecule has 3 atom stereocenters. The molecule has 1 N–H and O–H groups in total. The van der Waals surface area contributed by atoms with Crippen molar-refractivity contribution in [3.8, 4) is 0 Å². The third-order valence-corrected chi connectivity index (χ3v) is 5.79. The van der Waals surface area contributed by atoms with E-state index in [9.17, 15) is 0 Å². The summed E-state index contributed by atoms with van der Waals surface area (Å²) in [4.78, 5) is 2.64. The summed E-state index contributed by atoms with van der Waals surface area (Å²) in [5, 5.41) is 3.76. The topological polar surface area (TPSA) is 15.3 Å². The number of nitrogens with zero attached hydrogens (tertiary/aromatic N) is 1. The van der Waals surface area contributed by atoms with E-state index >= 15 is 0 Å². The quantitative estimate of drug-likeness (QED) is 0.907. The highest BCUT2D eigenvalue weighted by atomic mass is 15.2. The summed E-state index contributed by atoms with van der Waals surface area (Å²) in [5.74, 6) is 0. The van der Waals surface area contributed by atoms with Crippen LogP contribution in [0.3, 0.4) is 0 Å². The van der Waals surface area contributed by atoms with E-state index in [1.165, 1.54) is 47.9 Å². The van der Waals surface area contributed by atoms with Crippen LogP contribution < -0.4 is 5.32 Å². The molecule has 0 aliphatic carbocycles. The Kier molecular flexibility index (Phi) is 4.11. The molecule has 0 spiro atoms. The van der Waals surface area contributed by atoms with Gasteiger partial charge in [0.1, 0.15) is 0 Å². The van der Waals surface area contributed by atoms with Gasteiger partial charge in [0.15, 0.2) is 0 Å². The van der Waals surface area contributed by atoms with Gasteiger partial charge in [0.05, 0.1) is 0 Å². The number of nitrogens with one attached hydrogen (secondary N) is 1. The first-order chi connectivity index (χ1) is 9.95. The Hall–Kier alpha value is -0.860. The van der Waals surface area contributed by atoms with E-state index in [-0.39, 0.29) is 0 Å². The van der Waals surface area contributed by atoms with Gasteiger partial charge in [-0.3, -0.25) is 4.90 Å². The molecular formula is C19H30N2. The maximum absolute atomic E-state index is 3.76. The minimum absolute atomic E-state index is 0.507. The van der Waals surface area contributed by atoms with Crippen LogP contribution in [0.5, 0.6) is 0 Å². The van der Waals surface area contributed by atoms with Crippen LogP contribution in [0, 0.1) is 20.8 Å². The zero-order chi connectivity index (χ0) is 15.1. The smallest absolute Gasteiger partial charge is 0.0325 e. The van der Waals surface area contributed by atoms with Crippen molar-refractivity contribution in [3.63, 3.8) is 0 Å². The Balaban J connectivity index is 1.80. The Morgan fingerprint density at radius 1 is 1.05 bits per heavy atom. The summed E-state index contributed by atoms with van der Waals surface area (Å²) in [5.41, 5.74) is 5.81. The van der Waals surface area contributed by atoms with Gasteiger partial charge in [0.25, 0.3) is 0 Å². The van der Waals surface area contributed by atoms with Crippen molar-refractivity contribution in [2.24, 2.45) is 0 Å². The van der Waals surface area contributed by atoms with E-state index < -0.39 is 0 Å². The molecule has 2 heterocycles. The van der Waals surface area contributed by atoms with Crippen molar-refractivity contribution in [1.82, 2.24) is 10.2 Å². The molecule has 2 nitrogen and oxygen atoms in total. The van der Waals surface area contributed by atoms with Crippen molar-refractivity contribution >= 4 is 0 Å². The zero-order valence-electron chi connectivity index (χ0n) is 14.2. The predicted molar refractivity (Wildman–Crippen MR) is 89.8 cm³/mol. The molecule has 1 aromatic rings. The van der Waals surface area contributed by atoms with Crippen LogP contribution in [0.2, 0.25) is 0 Å². The van der Waals surface area contributed by atoms with E-state index in [1.807, 2.05) is 0 Å². The largest absolute Gasteiger partial charge is 0.311 e. The first-order valence-corrected chi connectivity index (χ1v) is 8.51. The van der Waals surface area contributed by atoms with Gasteiger partial charge in [-0.1, -0.05) is 17.7 Å². The minimum Gasteiger partial charge on any atom is -0.311 e. The number of rotatable bonds is 3. The van der Waals surface area contributed by atoms with Crippen LogP contribution in [0.25, 0.3) is 0 Å². The van der Waals surface area contributed by atoms with Crippen molar-refractivity contribution in [2.45, 2.75) is 77.5 Å². The lowest BCUT2D eigenvalue weighted by atomic mass is 9.91. The molecule has 0 saturated carbocycles. The number of hydrogen-bond acceptors (Lipinski definition) is 2. The lowest BCUT2D eigenvalue weighted by Crippen LogP contribution is -2.47. The highest BCUT2D eigenvalue weighted by molar-refractivity contribution is 5.39. The first kappa shape index (κ1) is 15.1. The molecular weight excluding hydrogens is 256 g/mol. The summed E-state index contributed by atoms with van der Waals surface area (Å²) in [6.07, 6.45) is 5.40. The van der Waals surface area contributed by atoms with Crippen LogP contribution in [0.1, 0.15) is 60.9 Å². The highest BCUT2D eigenvalue weighted by Gasteiger charge is 2.36. The summed E-state index contributed by atoms with van der Waals surface area (Å²) in [7, 11) is 2.33. The van der Waals surface area contributed by atoms with Crippen LogP contribution in [-0.2, 0) is 0 Å². The van der Waals surface area contributed by atoms with Gasteiger partial charge < -0.3 is 5.32 Å². The molecule has 0 amide bonds. The van der Waals surface area contributed by atoms with Crippen LogP contribution >= 0.6 is 0 Å². The van der Waals surface area contributed by atoms with Crippen molar-refractivity contribution < 1.29 is 0 Å². The summed E-state index contributed by atoms with van der Waals surface area (Å²) >= 11 is 0. The number of fused-ring (bicyclic) bond motifs is 2. The second-order valence-electron chi connectivity index (χ2n) is 7.42. The summed E-state index contributed by atoms with van der Waals surface area (Å²) in [6, 6.07) is 7.44. The van der Waals surface area contributed by atoms with Gasteiger partial charge in [-0.15, -0.1) is 0 Å². The summed E-state index contributed by atoms with van der Waals surface area (Å²) < 4.78 is 0. The molecule has 116 valence electrons. The van der Waals surface area contributed by atoms with Crippen LogP contribution in [-0.4, -0.2) is 30.1 Å². The van der Waals surface area contributed by atoms with E-state index in [2.05, 4.69) is 57.1 Å². The Morgan fingerprint density at radius 2 is 1.57 bits per heavy atom. The molecule has 2 fully saturated rings. The number of benzene rings is 1. The molecule has 21 heavy (non-hydrogen) atoms. The molecule has 1 aromatic carbocycles. The molecule has 3 rings (SSSR count). The maximum atomic E-state index is 3.76. The normalized spacial score (nSPS) is 29.9. The molecule has 3 unspecified atom stereocenters. The molecule has 2 bridgehead atoms. The Morgan fingerprint density at radius 3 is 2.10 bits per heavy atom. The molecule has 2 aliphatic rings. The van der Waals surface area contributed by atoms with Gasteiger partial charge in [-0.25, -0.2) is 0 Å². The second-order valence-corrected chi connectivity index (χ2v) is 7.42. The summed E-state index contributed by atoms with van der Waals surface area (Å²) in [6.45, 7) is 9.12. The van der Waals surface area contributed by atoms with Gasteiger partial charge in [0.2, 0.25) is 0 Å². The third-order valence-electron chi connectivity index (χ3n) is 5.79. The Bertz CT molecular complexity index is 487. The van der Waals surface area contributed by atoms with Crippen LogP contribution in [0.15, 0.2) is 12.1 Å². The fourth-order valence-corrected chi connectivity index (χ4v) is 4.73. The SMILES string of the molecule is Cc1cc(C)c(C(C)N(C)C2CC3CCC(C2)N3)c(C)c1. The fourth-order valence-electron chi connectivity index (χ4n) is 4.73. The lowest BCUT2D eigenvalue weighted by Gasteiger charge is -2.39. The lowest BCUT2D eigenvalue weighted by molar-refractivity contribution is 0.132. The van der Waals surface area contributed by atoms with E-state index in [0.717, 1.165) is 18.1 Å². The van der Waals surface area contributed by atoms with Crippen molar-refractivity contribution in [3.05, 3.63) is 34.4 Å². The molecule has 2 aliphatic heterocycles. The Labute approximate surface area is 129 Å². The first-order valence-electron chi connectivity index (χ1n) is 8.51. The van der Waals surface area contributed by atoms with Crippen molar-refractivity contribution in [1.29, 1.82) is 0 Å². The van der Waals surface area contributed by atoms with Gasteiger partial charge in [0, 0.05) is 24.2 Å². The average Bonchev–Trinajstić information content (AvgIpc) is 2.75. The van der Waals surface area contributed by atoms with Gasteiger partial charge in [-0.2, -0.15) is 0 Å². The van der Waals surface area contributed by atoms with E-state index in [4.69, 9.17) is 0 Å². The van der Waals surface area contributed by atoms with Gasteiger partial charge >= 0.3 is 0 Å². The van der Waals surface area contributed by atoms with Crippen molar-refractivity contribution in [2.75, 3.05) is 7.05 Å². The van der Waals surface area contributed by atoms with E-state index in [1.54, 1.807) is 0 Å². The minimum atomic E-state index is 0.507. The molecule has 0 radical (unpaired) electrons. The fraction of sp³-hybridized carbons (Fsp3) is 0.684. The average molecular weight is 286 g/mol. The molecule has 2 heteroatoms. The zero-order valence-corrected chi connectivity index (χ0v) is 14.2. The maximum Gasteiger partial charge on any atom is 0.0325 e. The molecule has 0 aromatic heterocycles. The number of aryl methyl sites for hydroxylation is 3.